The summed E-state index contributed by atoms with van der Waals surface area (Å²) in [4.78, 5) is 46.9. The van der Waals surface area contributed by atoms with Crippen molar-refractivity contribution >= 4 is 29.3 Å². The lowest BCUT2D eigenvalue weighted by Gasteiger charge is -2.34. The van der Waals surface area contributed by atoms with Gasteiger partial charge in [-0.2, -0.15) is 0 Å². The summed E-state index contributed by atoms with van der Waals surface area (Å²) < 4.78 is 11.0. The largest absolute Gasteiger partial charge is 0.481 e. The highest BCUT2D eigenvalue weighted by atomic mass is 16.6. The van der Waals surface area contributed by atoms with Crippen LogP contribution in [-0.2, 0) is 20.9 Å². The molecule has 0 aliphatic carbocycles. The van der Waals surface area contributed by atoms with Gasteiger partial charge in [0.2, 0.25) is 17.7 Å². The van der Waals surface area contributed by atoms with E-state index in [-0.39, 0.29) is 24.4 Å². The Labute approximate surface area is 219 Å². The van der Waals surface area contributed by atoms with Gasteiger partial charge in [0, 0.05) is 18.8 Å². The van der Waals surface area contributed by atoms with Gasteiger partial charge in [-0.1, -0.05) is 19.1 Å². The van der Waals surface area contributed by atoms with E-state index in [0.29, 0.717) is 23.7 Å². The third-order valence-electron chi connectivity index (χ3n) is 6.53. The molecular formula is C28H38N4O5. The summed E-state index contributed by atoms with van der Waals surface area (Å²) in [5.41, 5.74) is 1.66. The van der Waals surface area contributed by atoms with Gasteiger partial charge in [-0.25, -0.2) is 9.78 Å². The van der Waals surface area contributed by atoms with E-state index >= 15 is 0 Å². The topological polar surface area (TPSA) is 101 Å². The highest BCUT2D eigenvalue weighted by molar-refractivity contribution is 6.19. The van der Waals surface area contributed by atoms with Crippen LogP contribution in [0.5, 0.6) is 5.88 Å². The predicted molar refractivity (Wildman–Crippen MR) is 143 cm³/mol. The molecule has 0 spiro atoms. The molecule has 1 aliphatic rings. The zero-order chi connectivity index (χ0) is 27.7. The van der Waals surface area contributed by atoms with Gasteiger partial charge in [0.1, 0.15) is 11.0 Å². The molecule has 0 fully saturated rings. The molecule has 37 heavy (non-hydrogen) atoms. The molecule has 1 N–H and O–H groups in total. The van der Waals surface area contributed by atoms with E-state index in [1.54, 1.807) is 45.0 Å². The van der Waals surface area contributed by atoms with Crippen molar-refractivity contribution in [3.63, 3.8) is 0 Å². The maximum atomic E-state index is 13.5. The molecule has 9 heteroatoms. The number of methoxy groups -OCH3 is 1. The number of benzene rings is 1. The Kier molecular flexibility index (Phi) is 7.86. The van der Waals surface area contributed by atoms with Crippen molar-refractivity contribution < 1.29 is 23.9 Å². The number of ether oxygens (including phenoxy) is 2. The first kappa shape index (κ1) is 28.0. The van der Waals surface area contributed by atoms with Gasteiger partial charge in [0.05, 0.1) is 31.1 Å². The van der Waals surface area contributed by atoms with Gasteiger partial charge in [-0.05, 0) is 71.2 Å². The number of nitrogens with one attached hydrogen (secondary N) is 1. The summed E-state index contributed by atoms with van der Waals surface area (Å²) in [5.74, 6) is -0.167. The lowest BCUT2D eigenvalue weighted by molar-refractivity contribution is -0.136. The van der Waals surface area contributed by atoms with E-state index in [1.807, 2.05) is 52.8 Å². The Morgan fingerprint density at radius 2 is 1.86 bits per heavy atom. The quantitative estimate of drug-likeness (QED) is 0.534. The van der Waals surface area contributed by atoms with Gasteiger partial charge < -0.3 is 19.7 Å². The van der Waals surface area contributed by atoms with E-state index in [4.69, 9.17) is 9.47 Å². The summed E-state index contributed by atoms with van der Waals surface area (Å²) in [6.45, 7) is 12.8. The molecule has 9 nitrogen and oxygen atoms in total. The molecular weight excluding hydrogens is 472 g/mol. The summed E-state index contributed by atoms with van der Waals surface area (Å²) in [7, 11) is 3.22. The smallest absolute Gasteiger partial charge is 0.411 e. The zero-order valence-electron chi connectivity index (χ0n) is 23.3. The molecule has 1 unspecified atom stereocenters. The number of pyridine rings is 1. The van der Waals surface area contributed by atoms with Crippen molar-refractivity contribution in [1.29, 1.82) is 0 Å². The molecule has 3 rings (SSSR count). The summed E-state index contributed by atoms with van der Waals surface area (Å²) in [5, 5.41) is 2.87. The van der Waals surface area contributed by atoms with E-state index < -0.39 is 17.1 Å². The molecule has 0 saturated carbocycles. The number of carbonyl (C=O) groups excluding carboxylic acids is 3. The van der Waals surface area contributed by atoms with Crippen LogP contribution in [-0.4, -0.2) is 47.6 Å². The van der Waals surface area contributed by atoms with Crippen LogP contribution in [0.15, 0.2) is 30.3 Å². The summed E-state index contributed by atoms with van der Waals surface area (Å²) >= 11 is 0. The Bertz CT molecular complexity index is 1200. The average Bonchev–Trinajstić information content (AvgIpc) is 2.88. The van der Waals surface area contributed by atoms with E-state index in [2.05, 4.69) is 10.3 Å². The van der Waals surface area contributed by atoms with Crippen LogP contribution in [0.1, 0.15) is 70.8 Å². The molecule has 0 radical (unpaired) electrons. The molecule has 1 aliphatic heterocycles. The monoisotopic (exact) mass is 510 g/mol. The molecule has 3 amide bonds. The molecule has 2 heterocycles. The molecule has 1 aromatic heterocycles. The standard InChI is InChI=1S/C28H38N4O5/c1-10-21(18-11-13-20-22(15-18)31(8)25(34)28(6,7)24(33)30-20)32(26(35)37-27(3,4)5)16-19-12-14-23(36-9)29-17(19)2/h11-15,21H,10,16H2,1-9H3,(H,30,33). The number of hydrogen-bond acceptors (Lipinski definition) is 6. The maximum absolute atomic E-state index is 13.5. The average molecular weight is 511 g/mol. The summed E-state index contributed by atoms with van der Waals surface area (Å²) in [6, 6.07) is 8.82. The van der Waals surface area contributed by atoms with Crippen LogP contribution in [0, 0.1) is 12.3 Å². The van der Waals surface area contributed by atoms with Crippen molar-refractivity contribution in [1.82, 2.24) is 9.88 Å². The third-order valence-corrected chi connectivity index (χ3v) is 6.53. The minimum Gasteiger partial charge on any atom is -0.481 e. The first-order chi connectivity index (χ1) is 17.2. The van der Waals surface area contributed by atoms with E-state index in [9.17, 15) is 14.4 Å². The molecule has 0 bridgehead atoms. The fraction of sp³-hybridized carbons (Fsp3) is 0.500. The Hall–Kier alpha value is -3.62. The van der Waals surface area contributed by atoms with Crippen LogP contribution >= 0.6 is 0 Å². The van der Waals surface area contributed by atoms with Crippen LogP contribution in [0.3, 0.4) is 0 Å². The number of amides is 3. The highest BCUT2D eigenvalue weighted by Gasteiger charge is 2.42. The fourth-order valence-corrected chi connectivity index (χ4v) is 4.33. The fourth-order valence-electron chi connectivity index (χ4n) is 4.33. The normalized spacial score (nSPS) is 15.9. The lowest BCUT2D eigenvalue weighted by Crippen LogP contribution is -2.43. The van der Waals surface area contributed by atoms with Crippen LogP contribution in [0.25, 0.3) is 0 Å². The second-order valence-electron chi connectivity index (χ2n) is 10.9. The van der Waals surface area contributed by atoms with Crippen molar-refractivity contribution in [2.75, 3.05) is 24.4 Å². The van der Waals surface area contributed by atoms with Crippen LogP contribution < -0.4 is 15.0 Å². The number of aromatic nitrogens is 1. The molecule has 200 valence electrons. The predicted octanol–water partition coefficient (Wildman–Crippen LogP) is 5.23. The van der Waals surface area contributed by atoms with Crippen molar-refractivity contribution in [3.8, 4) is 5.88 Å². The molecule has 1 atom stereocenters. The van der Waals surface area contributed by atoms with Gasteiger partial charge >= 0.3 is 6.09 Å². The minimum atomic E-state index is -1.21. The molecule has 2 aromatic rings. The Morgan fingerprint density at radius 1 is 1.19 bits per heavy atom. The molecule has 0 saturated heterocycles. The number of carbonyl (C=O) groups is 3. The van der Waals surface area contributed by atoms with Crippen LogP contribution in [0.4, 0.5) is 16.2 Å². The first-order valence-electron chi connectivity index (χ1n) is 12.4. The minimum absolute atomic E-state index is 0.270. The number of fused-ring (bicyclic) bond motifs is 1. The second kappa shape index (κ2) is 10.4. The summed E-state index contributed by atoms with van der Waals surface area (Å²) in [6.07, 6.45) is 0.138. The SMILES string of the molecule is CCC(c1ccc2c(c1)N(C)C(=O)C(C)(C)C(=O)N2)N(Cc1ccc(OC)nc1C)C(=O)OC(C)(C)C. The number of nitrogens with zero attached hydrogens (tertiary/aromatic N) is 3. The van der Waals surface area contributed by atoms with E-state index in [0.717, 1.165) is 16.8 Å². The van der Waals surface area contributed by atoms with Crippen molar-refractivity contribution in [3.05, 3.63) is 47.2 Å². The Morgan fingerprint density at radius 3 is 2.43 bits per heavy atom. The van der Waals surface area contributed by atoms with Crippen LogP contribution in [0.2, 0.25) is 0 Å². The van der Waals surface area contributed by atoms with Gasteiger partial charge in [-0.15, -0.1) is 0 Å². The third kappa shape index (κ3) is 5.87. The number of anilines is 2. The van der Waals surface area contributed by atoms with E-state index in [1.165, 1.54) is 4.90 Å². The van der Waals surface area contributed by atoms with Crippen molar-refractivity contribution in [2.24, 2.45) is 5.41 Å². The molecule has 1 aromatic carbocycles. The maximum Gasteiger partial charge on any atom is 0.411 e. The Balaban J connectivity index is 2.07. The first-order valence-corrected chi connectivity index (χ1v) is 12.4. The zero-order valence-corrected chi connectivity index (χ0v) is 23.3. The van der Waals surface area contributed by atoms with Gasteiger partial charge in [0.25, 0.3) is 0 Å². The van der Waals surface area contributed by atoms with Gasteiger partial charge in [-0.3, -0.25) is 14.5 Å². The number of hydrogen-bond donors (Lipinski definition) is 1. The second-order valence-corrected chi connectivity index (χ2v) is 10.9. The number of rotatable bonds is 6. The number of aryl methyl sites for hydroxylation is 1. The van der Waals surface area contributed by atoms with Crippen molar-refractivity contribution in [2.45, 2.75) is 73.1 Å². The van der Waals surface area contributed by atoms with Gasteiger partial charge in [0.15, 0.2) is 0 Å². The highest BCUT2D eigenvalue weighted by Crippen LogP contribution is 2.38. The lowest BCUT2D eigenvalue weighted by atomic mass is 9.91.